The molecular weight excluding hydrogens is 334 g/mol. The van der Waals surface area contributed by atoms with Gasteiger partial charge in [-0.1, -0.05) is 23.4 Å². The van der Waals surface area contributed by atoms with Gasteiger partial charge in [-0.3, -0.25) is 9.59 Å². The van der Waals surface area contributed by atoms with E-state index in [4.69, 9.17) is 9.26 Å². The number of piperidine rings is 1. The van der Waals surface area contributed by atoms with E-state index in [2.05, 4.69) is 16.5 Å². The maximum atomic E-state index is 12.5. The van der Waals surface area contributed by atoms with Crippen molar-refractivity contribution in [2.45, 2.75) is 30.8 Å². The number of hydrogen-bond donors (Lipinski definition) is 1. The highest BCUT2D eigenvalue weighted by molar-refractivity contribution is 5.91. The number of ether oxygens (including phenoxy) is 1. The Morgan fingerprint density at radius 2 is 2.00 bits per heavy atom. The predicted octanol–water partition coefficient (Wildman–Crippen LogP) is 1.75. The predicted molar refractivity (Wildman–Crippen MR) is 92.9 cm³/mol. The molecule has 4 rings (SSSR count). The highest BCUT2D eigenvalue weighted by atomic mass is 16.5. The summed E-state index contributed by atoms with van der Waals surface area (Å²) >= 11 is 0. The molecule has 0 unspecified atom stereocenters. The van der Waals surface area contributed by atoms with Crippen molar-refractivity contribution in [1.29, 1.82) is 0 Å². The lowest BCUT2D eigenvalue weighted by atomic mass is 9.67. The molecule has 2 amide bonds. The van der Waals surface area contributed by atoms with Crippen molar-refractivity contribution in [3.05, 3.63) is 47.9 Å². The van der Waals surface area contributed by atoms with Crippen molar-refractivity contribution in [1.82, 2.24) is 15.4 Å². The van der Waals surface area contributed by atoms with E-state index in [1.807, 2.05) is 18.2 Å². The zero-order valence-electron chi connectivity index (χ0n) is 14.6. The van der Waals surface area contributed by atoms with Gasteiger partial charge in [-0.25, -0.2) is 0 Å². The Hall–Kier alpha value is -2.83. The molecular formula is C19H21N3O4. The third kappa shape index (κ3) is 2.73. The van der Waals surface area contributed by atoms with Crippen LogP contribution < -0.4 is 10.1 Å². The van der Waals surface area contributed by atoms with Gasteiger partial charge in [0.2, 0.25) is 5.76 Å². The van der Waals surface area contributed by atoms with Crippen LogP contribution in [0.3, 0.4) is 0 Å². The standard InChI is InChI=1S/C19H21N3O4/c1-20-17(23)16-12-19(13-4-2-3-5-14(13)25-16)7-10-22(11-8-19)18(24)15-6-9-21-26-15/h2-6,9,16H,7-8,10-12H2,1H3,(H,20,23)/t16-/m1/s1. The minimum Gasteiger partial charge on any atom is -0.480 e. The molecule has 1 spiro atoms. The van der Waals surface area contributed by atoms with E-state index in [1.165, 1.54) is 6.20 Å². The van der Waals surface area contributed by atoms with Gasteiger partial charge in [0.1, 0.15) is 5.75 Å². The molecule has 1 aromatic carbocycles. The number of amides is 2. The summed E-state index contributed by atoms with van der Waals surface area (Å²) in [5.74, 6) is 0.776. The number of likely N-dealkylation sites (N-methyl/N-ethyl adjacent to an activating group) is 1. The number of hydrogen-bond acceptors (Lipinski definition) is 5. The van der Waals surface area contributed by atoms with Gasteiger partial charge in [-0.15, -0.1) is 0 Å². The molecule has 1 atom stereocenters. The van der Waals surface area contributed by atoms with Gasteiger partial charge < -0.3 is 19.5 Å². The van der Waals surface area contributed by atoms with Crippen LogP contribution in [0.4, 0.5) is 0 Å². The average molecular weight is 355 g/mol. The Morgan fingerprint density at radius 1 is 1.23 bits per heavy atom. The molecule has 3 heterocycles. The first kappa shape index (κ1) is 16.6. The van der Waals surface area contributed by atoms with E-state index >= 15 is 0 Å². The number of fused-ring (bicyclic) bond motifs is 2. The Morgan fingerprint density at radius 3 is 2.69 bits per heavy atom. The Bertz CT molecular complexity index is 810. The topological polar surface area (TPSA) is 84.7 Å². The van der Waals surface area contributed by atoms with Crippen LogP contribution in [0.15, 0.2) is 41.1 Å². The van der Waals surface area contributed by atoms with Gasteiger partial charge in [0.05, 0.1) is 6.20 Å². The van der Waals surface area contributed by atoms with Crippen molar-refractivity contribution < 1.29 is 18.8 Å². The largest absolute Gasteiger partial charge is 0.480 e. The summed E-state index contributed by atoms with van der Waals surface area (Å²) in [5.41, 5.74) is 0.969. The van der Waals surface area contributed by atoms with Gasteiger partial charge in [0.15, 0.2) is 6.10 Å². The molecule has 1 saturated heterocycles. The van der Waals surface area contributed by atoms with Crippen LogP contribution in [0.5, 0.6) is 5.75 Å². The summed E-state index contributed by atoms with van der Waals surface area (Å²) in [6, 6.07) is 9.48. The highest BCUT2D eigenvalue weighted by Gasteiger charge is 2.46. The van der Waals surface area contributed by atoms with E-state index in [1.54, 1.807) is 18.0 Å². The van der Waals surface area contributed by atoms with Gasteiger partial charge in [-0.05, 0) is 18.9 Å². The zero-order chi connectivity index (χ0) is 18.1. The fraction of sp³-hybridized carbons (Fsp3) is 0.421. The Labute approximate surface area is 151 Å². The van der Waals surface area contributed by atoms with Crippen LogP contribution in [-0.2, 0) is 10.2 Å². The summed E-state index contributed by atoms with van der Waals surface area (Å²) in [6.07, 6.45) is 3.14. The second-order valence-electron chi connectivity index (χ2n) is 6.87. The fourth-order valence-corrected chi connectivity index (χ4v) is 4.07. The number of likely N-dealkylation sites (tertiary alicyclic amines) is 1. The smallest absolute Gasteiger partial charge is 0.292 e. The highest BCUT2D eigenvalue weighted by Crippen LogP contribution is 2.47. The number of para-hydroxylation sites is 1. The molecule has 0 radical (unpaired) electrons. The maximum Gasteiger partial charge on any atom is 0.292 e. The average Bonchev–Trinajstić information content (AvgIpc) is 3.22. The lowest BCUT2D eigenvalue weighted by molar-refractivity contribution is -0.129. The minimum absolute atomic E-state index is 0.112. The van der Waals surface area contributed by atoms with Crippen molar-refractivity contribution in [2.75, 3.05) is 20.1 Å². The van der Waals surface area contributed by atoms with E-state index in [0.29, 0.717) is 19.5 Å². The molecule has 0 saturated carbocycles. The number of rotatable bonds is 2. The summed E-state index contributed by atoms with van der Waals surface area (Å²) in [4.78, 5) is 26.5. The summed E-state index contributed by atoms with van der Waals surface area (Å²) in [6.45, 7) is 1.21. The van der Waals surface area contributed by atoms with Crippen molar-refractivity contribution in [3.63, 3.8) is 0 Å². The molecule has 7 heteroatoms. The van der Waals surface area contributed by atoms with E-state index < -0.39 is 6.10 Å². The fourth-order valence-electron chi connectivity index (χ4n) is 4.07. The number of nitrogens with zero attached hydrogens (tertiary/aromatic N) is 2. The van der Waals surface area contributed by atoms with Crippen LogP contribution in [-0.4, -0.2) is 48.1 Å². The van der Waals surface area contributed by atoms with Crippen molar-refractivity contribution >= 4 is 11.8 Å². The van der Waals surface area contributed by atoms with E-state index in [9.17, 15) is 9.59 Å². The summed E-state index contributed by atoms with van der Waals surface area (Å²) < 4.78 is 10.9. The normalized spacial score (nSPS) is 21.0. The SMILES string of the molecule is CNC(=O)[C@H]1CC2(CCN(C(=O)c3ccno3)CC2)c2ccccc2O1. The van der Waals surface area contributed by atoms with Gasteiger partial charge >= 0.3 is 0 Å². The molecule has 1 fully saturated rings. The molecule has 0 bridgehead atoms. The lowest BCUT2D eigenvalue weighted by Gasteiger charge is -2.46. The summed E-state index contributed by atoms with van der Waals surface area (Å²) in [5, 5.41) is 6.29. The van der Waals surface area contributed by atoms with Gasteiger partial charge in [0.25, 0.3) is 11.8 Å². The zero-order valence-corrected chi connectivity index (χ0v) is 14.6. The first-order chi connectivity index (χ1) is 12.6. The van der Waals surface area contributed by atoms with E-state index in [0.717, 1.165) is 24.2 Å². The van der Waals surface area contributed by atoms with Crippen LogP contribution in [0.2, 0.25) is 0 Å². The number of carbonyl (C=O) groups excluding carboxylic acids is 2. The second kappa shape index (κ2) is 6.48. The van der Waals surface area contributed by atoms with Crippen molar-refractivity contribution in [3.8, 4) is 5.75 Å². The molecule has 2 aromatic rings. The van der Waals surface area contributed by atoms with Gasteiger partial charge in [0, 0.05) is 43.6 Å². The maximum absolute atomic E-state index is 12.5. The molecule has 26 heavy (non-hydrogen) atoms. The number of nitrogens with one attached hydrogen (secondary N) is 1. The summed E-state index contributed by atoms with van der Waals surface area (Å²) in [7, 11) is 1.62. The molecule has 7 nitrogen and oxygen atoms in total. The first-order valence-electron chi connectivity index (χ1n) is 8.81. The number of carbonyl (C=O) groups is 2. The monoisotopic (exact) mass is 355 g/mol. The van der Waals surface area contributed by atoms with Gasteiger partial charge in [-0.2, -0.15) is 0 Å². The lowest BCUT2D eigenvalue weighted by Crippen LogP contribution is -2.51. The minimum atomic E-state index is -0.508. The second-order valence-corrected chi connectivity index (χ2v) is 6.87. The van der Waals surface area contributed by atoms with Crippen LogP contribution in [0.25, 0.3) is 0 Å². The Kier molecular flexibility index (Phi) is 4.14. The quantitative estimate of drug-likeness (QED) is 0.887. The first-order valence-corrected chi connectivity index (χ1v) is 8.81. The van der Waals surface area contributed by atoms with Crippen LogP contribution >= 0.6 is 0 Å². The van der Waals surface area contributed by atoms with E-state index in [-0.39, 0.29) is 23.0 Å². The third-order valence-electron chi connectivity index (χ3n) is 5.50. The molecule has 136 valence electrons. The molecule has 1 N–H and O–H groups in total. The Balaban J connectivity index is 1.58. The molecule has 2 aliphatic rings. The number of aromatic nitrogens is 1. The van der Waals surface area contributed by atoms with Crippen molar-refractivity contribution in [2.24, 2.45) is 0 Å². The van der Waals surface area contributed by atoms with Crippen LogP contribution in [0.1, 0.15) is 35.4 Å². The number of benzene rings is 1. The third-order valence-corrected chi connectivity index (χ3v) is 5.50. The molecule has 2 aliphatic heterocycles. The molecule has 0 aliphatic carbocycles. The van der Waals surface area contributed by atoms with Crippen LogP contribution in [0, 0.1) is 0 Å². The molecule has 1 aromatic heterocycles.